The highest BCUT2D eigenvalue weighted by Gasteiger charge is 2.17. The second-order valence-electron chi connectivity index (χ2n) is 5.79. The number of ether oxygens (including phenoxy) is 1. The Hall–Kier alpha value is -2.95. The molecule has 2 aromatic carbocycles. The molecule has 0 aliphatic carbocycles. The highest BCUT2D eigenvalue weighted by atomic mass is 16.5. The zero-order valence-corrected chi connectivity index (χ0v) is 14.3. The van der Waals surface area contributed by atoms with Gasteiger partial charge < -0.3 is 10.1 Å². The monoisotopic (exact) mass is 339 g/mol. The SMILES string of the molecule is CC(=O)c1ccc(OCC(=O)N[C@@H](Cc2ccccc2)C(C)=O)cc1. The summed E-state index contributed by atoms with van der Waals surface area (Å²) in [5, 5.41) is 2.70. The molecule has 5 heteroatoms. The molecule has 0 aliphatic heterocycles. The largest absolute Gasteiger partial charge is 0.484 e. The van der Waals surface area contributed by atoms with Crippen LogP contribution >= 0.6 is 0 Å². The first-order chi connectivity index (χ1) is 12.0. The van der Waals surface area contributed by atoms with E-state index in [2.05, 4.69) is 5.32 Å². The fourth-order valence-electron chi connectivity index (χ4n) is 2.32. The van der Waals surface area contributed by atoms with Crippen LogP contribution < -0.4 is 10.1 Å². The minimum absolute atomic E-state index is 0.0329. The predicted molar refractivity (Wildman–Crippen MR) is 94.7 cm³/mol. The normalized spacial score (nSPS) is 11.4. The molecule has 5 nitrogen and oxygen atoms in total. The zero-order chi connectivity index (χ0) is 18.2. The summed E-state index contributed by atoms with van der Waals surface area (Å²) in [5.41, 5.74) is 1.56. The number of Topliss-reactive ketones (excluding diaryl/α,β-unsaturated/α-hetero) is 2. The Balaban J connectivity index is 1.88. The molecule has 130 valence electrons. The minimum atomic E-state index is -0.585. The van der Waals surface area contributed by atoms with Gasteiger partial charge in [-0.15, -0.1) is 0 Å². The van der Waals surface area contributed by atoms with Crippen LogP contribution in [0.1, 0.15) is 29.8 Å². The number of hydrogen-bond donors (Lipinski definition) is 1. The smallest absolute Gasteiger partial charge is 0.258 e. The summed E-state index contributed by atoms with van der Waals surface area (Å²) < 4.78 is 5.40. The van der Waals surface area contributed by atoms with Gasteiger partial charge in [-0.05, 0) is 50.1 Å². The van der Waals surface area contributed by atoms with Gasteiger partial charge in [0.15, 0.2) is 18.2 Å². The van der Waals surface area contributed by atoms with Crippen LogP contribution in [0.2, 0.25) is 0 Å². The van der Waals surface area contributed by atoms with E-state index in [1.807, 2.05) is 30.3 Å². The fraction of sp³-hybridized carbons (Fsp3) is 0.250. The van der Waals surface area contributed by atoms with E-state index in [0.29, 0.717) is 17.7 Å². The molecule has 2 aromatic rings. The molecule has 0 aliphatic rings. The number of benzene rings is 2. The summed E-state index contributed by atoms with van der Waals surface area (Å²) in [4.78, 5) is 35.0. The van der Waals surface area contributed by atoms with Gasteiger partial charge in [0.2, 0.25) is 0 Å². The Kier molecular flexibility index (Phi) is 6.46. The van der Waals surface area contributed by atoms with Crippen LogP contribution in [0.25, 0.3) is 0 Å². The van der Waals surface area contributed by atoms with Crippen LogP contribution in [0.4, 0.5) is 0 Å². The Labute approximate surface area is 147 Å². The van der Waals surface area contributed by atoms with Crippen LogP contribution in [0.15, 0.2) is 54.6 Å². The van der Waals surface area contributed by atoms with E-state index in [1.165, 1.54) is 13.8 Å². The summed E-state index contributed by atoms with van der Waals surface area (Å²) in [7, 11) is 0. The molecule has 0 bridgehead atoms. The summed E-state index contributed by atoms with van der Waals surface area (Å²) in [6, 6.07) is 15.5. The van der Waals surface area contributed by atoms with E-state index >= 15 is 0 Å². The number of nitrogens with one attached hydrogen (secondary N) is 1. The van der Waals surface area contributed by atoms with Crippen LogP contribution in [-0.4, -0.2) is 30.1 Å². The maximum atomic E-state index is 12.1. The van der Waals surface area contributed by atoms with Crippen molar-refractivity contribution in [1.29, 1.82) is 0 Å². The van der Waals surface area contributed by atoms with Gasteiger partial charge in [0.05, 0.1) is 6.04 Å². The summed E-state index contributed by atoms with van der Waals surface area (Å²) in [5.74, 6) is -0.0214. The van der Waals surface area contributed by atoms with Gasteiger partial charge in [-0.2, -0.15) is 0 Å². The Morgan fingerprint density at radius 3 is 2.16 bits per heavy atom. The second kappa shape index (κ2) is 8.78. The fourth-order valence-corrected chi connectivity index (χ4v) is 2.32. The third-order valence-corrected chi connectivity index (χ3v) is 3.74. The van der Waals surface area contributed by atoms with Gasteiger partial charge in [-0.1, -0.05) is 30.3 Å². The third kappa shape index (κ3) is 5.88. The maximum Gasteiger partial charge on any atom is 0.258 e. The molecule has 0 unspecified atom stereocenters. The number of carbonyl (C=O) groups excluding carboxylic acids is 3. The Bertz CT molecular complexity index is 738. The van der Waals surface area contributed by atoms with E-state index < -0.39 is 6.04 Å². The summed E-state index contributed by atoms with van der Waals surface area (Å²) in [6.45, 7) is 2.74. The zero-order valence-electron chi connectivity index (χ0n) is 14.3. The van der Waals surface area contributed by atoms with Crippen LogP contribution in [0.5, 0.6) is 5.75 Å². The molecule has 2 rings (SSSR count). The molecule has 0 fully saturated rings. The molecule has 0 radical (unpaired) electrons. The third-order valence-electron chi connectivity index (χ3n) is 3.74. The predicted octanol–water partition coefficient (Wildman–Crippen LogP) is 2.58. The van der Waals surface area contributed by atoms with Crippen molar-refractivity contribution in [3.63, 3.8) is 0 Å². The molecule has 0 saturated heterocycles. The van der Waals surface area contributed by atoms with Gasteiger partial charge in [0, 0.05) is 5.56 Å². The lowest BCUT2D eigenvalue weighted by Gasteiger charge is -2.16. The van der Waals surface area contributed by atoms with E-state index in [0.717, 1.165) is 5.56 Å². The molecule has 0 heterocycles. The first-order valence-electron chi connectivity index (χ1n) is 8.03. The van der Waals surface area contributed by atoms with Gasteiger partial charge in [-0.25, -0.2) is 0 Å². The van der Waals surface area contributed by atoms with Crippen molar-refractivity contribution >= 4 is 17.5 Å². The van der Waals surface area contributed by atoms with Crippen molar-refractivity contribution in [2.24, 2.45) is 0 Å². The first-order valence-corrected chi connectivity index (χ1v) is 8.03. The average Bonchev–Trinajstić information content (AvgIpc) is 2.60. The van der Waals surface area contributed by atoms with E-state index in [1.54, 1.807) is 24.3 Å². The summed E-state index contributed by atoms with van der Waals surface area (Å²) >= 11 is 0. The molecule has 25 heavy (non-hydrogen) atoms. The van der Waals surface area contributed by atoms with Gasteiger partial charge in [0.1, 0.15) is 5.75 Å². The van der Waals surface area contributed by atoms with Gasteiger partial charge in [0.25, 0.3) is 5.91 Å². The molecule has 1 atom stereocenters. The van der Waals surface area contributed by atoms with Crippen molar-refractivity contribution in [3.8, 4) is 5.75 Å². The van der Waals surface area contributed by atoms with Crippen LogP contribution in [0, 0.1) is 0 Å². The van der Waals surface area contributed by atoms with Crippen molar-refractivity contribution in [3.05, 3.63) is 65.7 Å². The van der Waals surface area contributed by atoms with E-state index in [-0.39, 0.29) is 24.1 Å². The Morgan fingerprint density at radius 2 is 1.60 bits per heavy atom. The van der Waals surface area contributed by atoms with E-state index in [4.69, 9.17) is 4.74 Å². The van der Waals surface area contributed by atoms with Crippen molar-refractivity contribution in [2.75, 3.05) is 6.61 Å². The standard InChI is InChI=1S/C20H21NO4/c1-14(22)17-8-10-18(11-9-17)25-13-20(24)21-19(15(2)23)12-16-6-4-3-5-7-16/h3-11,19H,12-13H2,1-2H3,(H,21,24)/t19-/m0/s1. The van der Waals surface area contributed by atoms with Crippen molar-refractivity contribution in [1.82, 2.24) is 5.32 Å². The van der Waals surface area contributed by atoms with Crippen LogP contribution in [0.3, 0.4) is 0 Å². The van der Waals surface area contributed by atoms with Crippen molar-refractivity contribution in [2.45, 2.75) is 26.3 Å². The molecular weight excluding hydrogens is 318 g/mol. The first kappa shape index (κ1) is 18.4. The molecule has 0 spiro atoms. The van der Waals surface area contributed by atoms with E-state index in [9.17, 15) is 14.4 Å². The molecule has 0 saturated carbocycles. The van der Waals surface area contributed by atoms with Crippen molar-refractivity contribution < 1.29 is 19.1 Å². The summed E-state index contributed by atoms with van der Waals surface area (Å²) in [6.07, 6.45) is 0.440. The average molecular weight is 339 g/mol. The maximum absolute atomic E-state index is 12.1. The molecule has 0 aromatic heterocycles. The number of amides is 1. The lowest BCUT2D eigenvalue weighted by atomic mass is 10.0. The second-order valence-corrected chi connectivity index (χ2v) is 5.79. The quantitative estimate of drug-likeness (QED) is 0.750. The molecular formula is C20H21NO4. The topological polar surface area (TPSA) is 72.5 Å². The Morgan fingerprint density at radius 1 is 0.960 bits per heavy atom. The minimum Gasteiger partial charge on any atom is -0.484 e. The van der Waals surface area contributed by atoms with Gasteiger partial charge >= 0.3 is 0 Å². The number of carbonyl (C=O) groups is 3. The molecule has 1 amide bonds. The lowest BCUT2D eigenvalue weighted by Crippen LogP contribution is -2.43. The number of rotatable bonds is 8. The van der Waals surface area contributed by atoms with Gasteiger partial charge in [-0.3, -0.25) is 14.4 Å². The molecule has 1 N–H and O–H groups in total. The van der Waals surface area contributed by atoms with Crippen LogP contribution in [-0.2, 0) is 16.0 Å². The highest BCUT2D eigenvalue weighted by molar-refractivity contribution is 5.94. The number of ketones is 2. The lowest BCUT2D eigenvalue weighted by molar-refractivity contribution is -0.128. The number of hydrogen-bond acceptors (Lipinski definition) is 4. The highest BCUT2D eigenvalue weighted by Crippen LogP contribution is 2.12.